The van der Waals surface area contributed by atoms with E-state index in [1.165, 1.54) is 11.3 Å². The molecule has 0 saturated heterocycles. The second-order valence-electron chi connectivity index (χ2n) is 5.57. The van der Waals surface area contributed by atoms with E-state index in [9.17, 15) is 14.7 Å². The average Bonchev–Trinajstić information content (AvgIpc) is 3.15. The highest BCUT2D eigenvalue weighted by atomic mass is 35.5. The summed E-state index contributed by atoms with van der Waals surface area (Å²) in [5, 5.41) is 21.3. The Morgan fingerprint density at radius 3 is 2.76 bits per heavy atom. The van der Waals surface area contributed by atoms with Crippen LogP contribution in [-0.2, 0) is 9.59 Å². The molecule has 0 unspecified atom stereocenters. The molecule has 1 aromatic heterocycles. The summed E-state index contributed by atoms with van der Waals surface area (Å²) in [6.07, 6.45) is 1.81. The monoisotopic (exact) mass is 395 g/mol. The summed E-state index contributed by atoms with van der Waals surface area (Å²) in [6, 6.07) is 1.81. The quantitative estimate of drug-likeness (QED) is 0.448. The van der Waals surface area contributed by atoms with Gasteiger partial charge in [-0.25, -0.2) is 0 Å². The number of hydrogen-bond donors (Lipinski definition) is 2. The van der Waals surface area contributed by atoms with Gasteiger partial charge in [-0.15, -0.1) is 23.1 Å². The number of carbonyl (C=O) groups excluding carboxylic acids is 1. The SMILES string of the molecule is CSc1cc(C(O)=C2CC3=NC(C)=C(CC(=O)O)C3=C(Cl)C2=O)cs1. The predicted molar refractivity (Wildman–Crippen MR) is 101 cm³/mol. The second-order valence-corrected chi connectivity index (χ2v) is 7.97. The molecule has 5 nitrogen and oxygen atoms in total. The summed E-state index contributed by atoms with van der Waals surface area (Å²) in [5.74, 6) is -1.60. The first-order chi connectivity index (χ1) is 11.8. The lowest BCUT2D eigenvalue weighted by molar-refractivity contribution is -0.136. The van der Waals surface area contributed by atoms with Crippen LogP contribution in [0.25, 0.3) is 5.76 Å². The van der Waals surface area contributed by atoms with Gasteiger partial charge >= 0.3 is 5.97 Å². The number of aliphatic hydroxyl groups excluding tert-OH is 1. The molecule has 0 fully saturated rings. The van der Waals surface area contributed by atoms with Crippen LogP contribution in [0.1, 0.15) is 25.3 Å². The number of Topliss-reactive ketones (excluding diaryl/α,β-unsaturated/α-hetero) is 1. The van der Waals surface area contributed by atoms with Crippen molar-refractivity contribution in [3.8, 4) is 0 Å². The minimum Gasteiger partial charge on any atom is -0.507 e. The van der Waals surface area contributed by atoms with E-state index in [1.807, 2.05) is 12.3 Å². The molecule has 0 spiro atoms. The number of aliphatic carboxylic acids is 1. The first-order valence-electron chi connectivity index (χ1n) is 7.32. The fraction of sp³-hybridized carbons (Fsp3) is 0.235. The molecule has 2 heterocycles. The summed E-state index contributed by atoms with van der Waals surface area (Å²) < 4.78 is 1.02. The van der Waals surface area contributed by atoms with Crippen LogP contribution in [0.2, 0.25) is 0 Å². The third-order valence-corrected chi connectivity index (χ3v) is 6.42. The molecule has 3 rings (SSSR count). The third-order valence-electron chi connectivity index (χ3n) is 4.03. The Morgan fingerprint density at radius 1 is 1.44 bits per heavy atom. The zero-order valence-corrected chi connectivity index (χ0v) is 15.8. The minimum absolute atomic E-state index is 0.0834. The Kier molecular flexibility index (Phi) is 4.90. The van der Waals surface area contributed by atoms with Gasteiger partial charge in [0.15, 0.2) is 0 Å². The molecular weight excluding hydrogens is 382 g/mol. The molecular formula is C17H14ClNO4S2. The van der Waals surface area contributed by atoms with Crippen molar-refractivity contribution in [1.29, 1.82) is 0 Å². The zero-order valence-electron chi connectivity index (χ0n) is 13.4. The normalized spacial score (nSPS) is 19.3. The molecule has 0 atom stereocenters. The molecule has 1 aromatic rings. The predicted octanol–water partition coefficient (Wildman–Crippen LogP) is 4.41. The summed E-state index contributed by atoms with van der Waals surface area (Å²) in [4.78, 5) is 28.1. The number of hydrogen-bond acceptors (Lipinski definition) is 6. The fourth-order valence-electron chi connectivity index (χ4n) is 2.84. The van der Waals surface area contributed by atoms with Crippen molar-refractivity contribution in [2.45, 2.75) is 24.0 Å². The molecule has 8 heteroatoms. The largest absolute Gasteiger partial charge is 0.507 e. The number of thiophene rings is 1. The fourth-order valence-corrected chi connectivity index (χ4v) is 4.57. The third kappa shape index (κ3) is 3.19. The van der Waals surface area contributed by atoms with Crippen molar-refractivity contribution in [1.82, 2.24) is 0 Å². The van der Waals surface area contributed by atoms with E-state index in [1.54, 1.807) is 24.1 Å². The number of carbonyl (C=O) groups is 2. The van der Waals surface area contributed by atoms with E-state index in [0.717, 1.165) is 4.21 Å². The topological polar surface area (TPSA) is 87.0 Å². The molecule has 0 amide bonds. The number of carboxylic acid groups (broad SMARTS) is 1. The van der Waals surface area contributed by atoms with Gasteiger partial charge in [-0.2, -0.15) is 0 Å². The van der Waals surface area contributed by atoms with Crippen LogP contribution in [0.15, 0.2) is 48.1 Å². The maximum absolute atomic E-state index is 12.7. The molecule has 25 heavy (non-hydrogen) atoms. The van der Waals surface area contributed by atoms with Gasteiger partial charge in [-0.1, -0.05) is 11.6 Å². The van der Waals surface area contributed by atoms with Crippen LogP contribution in [0.5, 0.6) is 0 Å². The Morgan fingerprint density at radius 2 is 2.16 bits per heavy atom. The van der Waals surface area contributed by atoms with Crippen molar-refractivity contribution >= 4 is 57.9 Å². The Hall–Kier alpha value is -1.83. The van der Waals surface area contributed by atoms with Crippen LogP contribution < -0.4 is 0 Å². The molecule has 1 aliphatic heterocycles. The van der Waals surface area contributed by atoms with Gasteiger partial charge in [0.2, 0.25) is 5.78 Å². The number of thioether (sulfide) groups is 1. The average molecular weight is 396 g/mol. The molecule has 130 valence electrons. The molecule has 0 bridgehead atoms. The Bertz CT molecular complexity index is 921. The van der Waals surface area contributed by atoms with Crippen LogP contribution >= 0.6 is 34.7 Å². The summed E-state index contributed by atoms with van der Waals surface area (Å²) in [6.45, 7) is 1.69. The van der Waals surface area contributed by atoms with Gasteiger partial charge in [0.1, 0.15) is 5.76 Å². The number of carboxylic acids is 1. The van der Waals surface area contributed by atoms with Crippen LogP contribution in [0.3, 0.4) is 0 Å². The molecule has 2 N–H and O–H groups in total. The molecule has 2 aliphatic rings. The van der Waals surface area contributed by atoms with Gasteiger partial charge in [0, 0.05) is 34.2 Å². The van der Waals surface area contributed by atoms with Gasteiger partial charge in [-0.05, 0) is 24.8 Å². The number of nitrogens with zero attached hydrogens (tertiary/aromatic N) is 1. The van der Waals surface area contributed by atoms with E-state index < -0.39 is 11.8 Å². The summed E-state index contributed by atoms with van der Waals surface area (Å²) in [5.41, 5.74) is 2.68. The van der Waals surface area contributed by atoms with Gasteiger partial charge in [0.05, 0.1) is 21.4 Å². The van der Waals surface area contributed by atoms with Gasteiger partial charge in [0.25, 0.3) is 0 Å². The summed E-state index contributed by atoms with van der Waals surface area (Å²) in [7, 11) is 0. The smallest absolute Gasteiger partial charge is 0.307 e. The lowest BCUT2D eigenvalue weighted by Gasteiger charge is -2.19. The molecule has 0 radical (unpaired) electrons. The van der Waals surface area contributed by atoms with Gasteiger partial charge < -0.3 is 10.2 Å². The van der Waals surface area contributed by atoms with E-state index in [-0.39, 0.29) is 29.2 Å². The minimum atomic E-state index is -1.01. The van der Waals surface area contributed by atoms with Crippen molar-refractivity contribution in [3.05, 3.63) is 44.5 Å². The Labute approximate surface area is 157 Å². The lowest BCUT2D eigenvalue weighted by atomic mass is 9.86. The van der Waals surface area contributed by atoms with Crippen molar-refractivity contribution < 1.29 is 19.8 Å². The van der Waals surface area contributed by atoms with Crippen molar-refractivity contribution in [2.24, 2.45) is 4.99 Å². The van der Waals surface area contributed by atoms with E-state index in [2.05, 4.69) is 4.99 Å². The maximum Gasteiger partial charge on any atom is 0.307 e. The highest BCUT2D eigenvalue weighted by molar-refractivity contribution is 8.00. The first kappa shape index (κ1) is 18.0. The molecule has 0 aromatic carbocycles. The number of ketones is 1. The number of aliphatic imine (C=N–C) groups is 1. The van der Waals surface area contributed by atoms with Gasteiger partial charge in [-0.3, -0.25) is 14.6 Å². The van der Waals surface area contributed by atoms with Crippen LogP contribution in [0.4, 0.5) is 0 Å². The molecule has 0 saturated carbocycles. The number of allylic oxidation sites excluding steroid dienone is 4. The summed E-state index contributed by atoms with van der Waals surface area (Å²) >= 11 is 9.28. The number of halogens is 1. The Balaban J connectivity index is 2.05. The van der Waals surface area contributed by atoms with E-state index >= 15 is 0 Å². The molecule has 1 aliphatic carbocycles. The van der Waals surface area contributed by atoms with E-state index in [0.29, 0.717) is 28.1 Å². The number of aliphatic hydroxyl groups is 1. The lowest BCUT2D eigenvalue weighted by Crippen LogP contribution is -2.21. The van der Waals surface area contributed by atoms with Crippen LogP contribution in [0, 0.1) is 0 Å². The van der Waals surface area contributed by atoms with Crippen molar-refractivity contribution in [2.75, 3.05) is 6.26 Å². The highest BCUT2D eigenvalue weighted by Crippen LogP contribution is 2.40. The van der Waals surface area contributed by atoms with Crippen LogP contribution in [-0.4, -0.2) is 33.9 Å². The van der Waals surface area contributed by atoms with Crippen molar-refractivity contribution in [3.63, 3.8) is 0 Å². The zero-order chi connectivity index (χ0) is 18.3. The standard InChI is InChI=1S/C17H14ClNO4S2/c1-7-9(5-12(20)21)14-11(19-7)4-10(17(23)15(14)18)16(22)8-3-13(24-2)25-6-8/h3,6,22H,4-5H2,1-2H3,(H,20,21). The number of fused-ring (bicyclic) bond motifs is 1. The van der Waals surface area contributed by atoms with E-state index in [4.69, 9.17) is 16.7 Å². The second kappa shape index (κ2) is 6.82. The highest BCUT2D eigenvalue weighted by Gasteiger charge is 2.36. The first-order valence-corrected chi connectivity index (χ1v) is 9.81. The number of rotatable bonds is 4. The maximum atomic E-state index is 12.7.